The van der Waals surface area contributed by atoms with Crippen LogP contribution in [0.5, 0.6) is 5.75 Å². The van der Waals surface area contributed by atoms with Crippen LogP contribution in [0.25, 0.3) is 0 Å². The fourth-order valence-electron chi connectivity index (χ4n) is 1.42. The molecule has 1 aromatic carbocycles. The molecule has 2 rings (SSSR count). The van der Waals surface area contributed by atoms with E-state index in [0.29, 0.717) is 11.7 Å². The van der Waals surface area contributed by atoms with Crippen LogP contribution in [0.15, 0.2) is 24.4 Å². The van der Waals surface area contributed by atoms with Gasteiger partial charge in [-0.25, -0.2) is 4.98 Å². The Hall–Kier alpha value is -1.55. The van der Waals surface area contributed by atoms with Gasteiger partial charge in [0.2, 0.25) is 0 Å². The highest BCUT2D eigenvalue weighted by molar-refractivity contribution is 7.15. The van der Waals surface area contributed by atoms with Gasteiger partial charge in [0.25, 0.3) is 0 Å². The summed E-state index contributed by atoms with van der Waals surface area (Å²) in [4.78, 5) is 5.03. The van der Waals surface area contributed by atoms with Crippen molar-refractivity contribution < 1.29 is 4.74 Å². The van der Waals surface area contributed by atoms with Crippen LogP contribution in [0.3, 0.4) is 0 Å². The maximum Gasteiger partial charge on any atom is 0.180 e. The first-order valence-electron chi connectivity index (χ1n) is 5.06. The molecule has 0 fully saturated rings. The predicted octanol–water partition coefficient (Wildman–Crippen LogP) is 2.92. The van der Waals surface area contributed by atoms with Crippen molar-refractivity contribution >= 4 is 16.5 Å². The van der Waals surface area contributed by atoms with Gasteiger partial charge in [-0.1, -0.05) is 23.5 Å². The van der Waals surface area contributed by atoms with Crippen LogP contribution >= 0.6 is 11.3 Å². The van der Waals surface area contributed by atoms with E-state index >= 15 is 0 Å². The normalized spacial score (nSPS) is 10.4. The van der Waals surface area contributed by atoms with Crippen molar-refractivity contribution in [2.24, 2.45) is 0 Å². The van der Waals surface area contributed by atoms with Crippen molar-refractivity contribution in [2.45, 2.75) is 20.5 Å². The molecule has 84 valence electrons. The van der Waals surface area contributed by atoms with Crippen molar-refractivity contribution in [1.29, 1.82) is 0 Å². The van der Waals surface area contributed by atoms with Gasteiger partial charge in [-0.05, 0) is 31.0 Å². The third-order valence-electron chi connectivity index (χ3n) is 2.50. The second kappa shape index (κ2) is 4.53. The molecule has 1 aromatic heterocycles. The number of ether oxygens (including phenoxy) is 1. The minimum absolute atomic E-state index is 0.527. The molecular formula is C12H14N2OS. The number of nitrogen functional groups attached to an aromatic ring is 1. The number of thiazole rings is 1. The van der Waals surface area contributed by atoms with Gasteiger partial charge in [0, 0.05) is 6.20 Å². The number of nitrogens with zero attached hydrogens (tertiary/aromatic N) is 1. The molecule has 0 aliphatic rings. The summed E-state index contributed by atoms with van der Waals surface area (Å²) in [5.74, 6) is 0.923. The lowest BCUT2D eigenvalue weighted by Gasteiger charge is -2.09. The maximum absolute atomic E-state index is 5.73. The van der Waals surface area contributed by atoms with Crippen molar-refractivity contribution in [3.8, 4) is 5.75 Å². The van der Waals surface area contributed by atoms with Crippen LogP contribution in [-0.4, -0.2) is 4.98 Å². The number of anilines is 1. The van der Waals surface area contributed by atoms with E-state index in [1.807, 2.05) is 12.1 Å². The molecule has 0 bridgehead atoms. The van der Waals surface area contributed by atoms with Gasteiger partial charge >= 0.3 is 0 Å². The Morgan fingerprint density at radius 2 is 2.19 bits per heavy atom. The number of aryl methyl sites for hydroxylation is 1. The predicted molar refractivity (Wildman–Crippen MR) is 66.8 cm³/mol. The largest absolute Gasteiger partial charge is 0.488 e. The maximum atomic E-state index is 5.73. The van der Waals surface area contributed by atoms with Crippen LogP contribution < -0.4 is 10.5 Å². The number of hydrogen-bond donors (Lipinski definition) is 1. The number of benzene rings is 1. The Kier molecular flexibility index (Phi) is 3.10. The summed E-state index contributed by atoms with van der Waals surface area (Å²) >= 11 is 1.46. The Bertz CT molecular complexity index is 494. The monoisotopic (exact) mass is 234 g/mol. The topological polar surface area (TPSA) is 48.1 Å². The fraction of sp³-hybridized carbons (Fsp3) is 0.250. The lowest BCUT2D eigenvalue weighted by atomic mass is 10.1. The molecule has 0 unspecified atom stereocenters. The molecule has 0 aliphatic heterocycles. The zero-order valence-corrected chi connectivity index (χ0v) is 10.2. The van der Waals surface area contributed by atoms with E-state index in [1.54, 1.807) is 6.20 Å². The van der Waals surface area contributed by atoms with E-state index in [0.717, 1.165) is 10.6 Å². The van der Waals surface area contributed by atoms with Gasteiger partial charge in [0.15, 0.2) is 5.13 Å². The summed E-state index contributed by atoms with van der Waals surface area (Å²) in [5, 5.41) is 0.583. The van der Waals surface area contributed by atoms with E-state index < -0.39 is 0 Å². The van der Waals surface area contributed by atoms with Crippen LogP contribution in [0.4, 0.5) is 5.13 Å². The Balaban J connectivity index is 2.07. The van der Waals surface area contributed by atoms with Gasteiger partial charge in [-0.2, -0.15) is 0 Å². The number of nitrogens with two attached hydrogens (primary N) is 1. The summed E-state index contributed by atoms with van der Waals surface area (Å²) in [6.45, 7) is 4.66. The lowest BCUT2D eigenvalue weighted by molar-refractivity contribution is 0.307. The molecule has 0 saturated heterocycles. The zero-order valence-electron chi connectivity index (χ0n) is 9.36. The molecule has 4 heteroatoms. The third-order valence-corrected chi connectivity index (χ3v) is 3.30. The molecule has 0 radical (unpaired) electrons. The first-order chi connectivity index (χ1) is 7.66. The van der Waals surface area contributed by atoms with Crippen LogP contribution in [0.1, 0.15) is 16.0 Å². The summed E-state index contributed by atoms with van der Waals surface area (Å²) < 4.78 is 5.73. The Morgan fingerprint density at radius 1 is 1.38 bits per heavy atom. The minimum atomic E-state index is 0.527. The van der Waals surface area contributed by atoms with E-state index in [-0.39, 0.29) is 0 Å². The van der Waals surface area contributed by atoms with E-state index in [9.17, 15) is 0 Å². The summed E-state index contributed by atoms with van der Waals surface area (Å²) in [5.41, 5.74) is 7.97. The van der Waals surface area contributed by atoms with Crippen LogP contribution in [-0.2, 0) is 6.61 Å². The van der Waals surface area contributed by atoms with E-state index in [4.69, 9.17) is 10.5 Å². The quantitative estimate of drug-likeness (QED) is 0.888. The average Bonchev–Trinajstić information content (AvgIpc) is 2.67. The summed E-state index contributed by atoms with van der Waals surface area (Å²) in [6.07, 6.45) is 1.76. The SMILES string of the molecule is Cc1cccc(OCc2cnc(N)s2)c1C. The van der Waals surface area contributed by atoms with Crippen molar-refractivity contribution in [3.05, 3.63) is 40.4 Å². The molecule has 2 N–H and O–H groups in total. The first kappa shape index (κ1) is 11.0. The lowest BCUT2D eigenvalue weighted by Crippen LogP contribution is -1.95. The van der Waals surface area contributed by atoms with Crippen LogP contribution in [0, 0.1) is 13.8 Å². The first-order valence-corrected chi connectivity index (χ1v) is 5.87. The Morgan fingerprint density at radius 3 is 2.88 bits per heavy atom. The minimum Gasteiger partial charge on any atom is -0.488 e. The highest BCUT2D eigenvalue weighted by atomic mass is 32.1. The van der Waals surface area contributed by atoms with E-state index in [2.05, 4.69) is 24.9 Å². The van der Waals surface area contributed by atoms with Gasteiger partial charge < -0.3 is 10.5 Å². The number of rotatable bonds is 3. The molecule has 0 amide bonds. The van der Waals surface area contributed by atoms with E-state index in [1.165, 1.54) is 22.5 Å². The standard InChI is InChI=1S/C12H14N2OS/c1-8-4-3-5-11(9(8)2)15-7-10-6-14-12(13)16-10/h3-6H,7H2,1-2H3,(H2,13,14). The molecule has 3 nitrogen and oxygen atoms in total. The fourth-order valence-corrected chi connectivity index (χ4v) is 2.02. The molecule has 0 atom stereocenters. The number of aromatic nitrogens is 1. The summed E-state index contributed by atoms with van der Waals surface area (Å²) in [7, 11) is 0. The number of hydrogen-bond acceptors (Lipinski definition) is 4. The third kappa shape index (κ3) is 2.33. The molecule has 0 spiro atoms. The Labute approximate surface area is 98.9 Å². The molecule has 1 heterocycles. The molecule has 16 heavy (non-hydrogen) atoms. The molecule has 0 saturated carbocycles. The average molecular weight is 234 g/mol. The second-order valence-electron chi connectivity index (χ2n) is 3.65. The highest BCUT2D eigenvalue weighted by Crippen LogP contribution is 2.23. The van der Waals surface area contributed by atoms with Crippen molar-refractivity contribution in [1.82, 2.24) is 4.98 Å². The molecule has 0 aliphatic carbocycles. The van der Waals surface area contributed by atoms with Crippen molar-refractivity contribution in [2.75, 3.05) is 5.73 Å². The summed E-state index contributed by atoms with van der Waals surface area (Å²) in [6, 6.07) is 6.05. The van der Waals surface area contributed by atoms with Gasteiger partial charge in [-0.15, -0.1) is 0 Å². The van der Waals surface area contributed by atoms with Gasteiger partial charge in [-0.3, -0.25) is 0 Å². The second-order valence-corrected chi connectivity index (χ2v) is 4.80. The molecule has 2 aromatic rings. The zero-order chi connectivity index (χ0) is 11.5. The van der Waals surface area contributed by atoms with Crippen LogP contribution in [0.2, 0.25) is 0 Å². The smallest absolute Gasteiger partial charge is 0.180 e. The van der Waals surface area contributed by atoms with Gasteiger partial charge in [0.05, 0.1) is 4.88 Å². The highest BCUT2D eigenvalue weighted by Gasteiger charge is 2.03. The van der Waals surface area contributed by atoms with Gasteiger partial charge in [0.1, 0.15) is 12.4 Å². The molecular weight excluding hydrogens is 220 g/mol. The van der Waals surface area contributed by atoms with Crippen molar-refractivity contribution in [3.63, 3.8) is 0 Å².